The summed E-state index contributed by atoms with van der Waals surface area (Å²) in [5.41, 5.74) is -6.22. The lowest BCUT2D eigenvalue weighted by Gasteiger charge is -2.63. The second-order valence-electron chi connectivity index (χ2n) is 10.9. The lowest BCUT2D eigenvalue weighted by molar-refractivity contribution is -0.234. The lowest BCUT2D eigenvalue weighted by atomic mass is 9.44. The fourth-order valence-corrected chi connectivity index (χ4v) is 8.00. The van der Waals surface area contributed by atoms with Gasteiger partial charge in [-0.15, -0.1) is 0 Å². The molecule has 1 aliphatic heterocycles. The summed E-state index contributed by atoms with van der Waals surface area (Å²) in [4.78, 5) is 25.1. The molecule has 33 heavy (non-hydrogen) atoms. The monoisotopic (exact) mass is 466 g/mol. The molecule has 0 aromatic rings. The Labute approximate surface area is 192 Å². The van der Waals surface area contributed by atoms with E-state index in [2.05, 4.69) is 0 Å². The number of allylic oxidation sites excluding steroid dienone is 4. The number of Topliss-reactive ketones (excluding diaryl/α,β-unsaturated/α-hetero) is 1. The number of fused-ring (bicyclic) bond motifs is 7. The molecule has 4 aliphatic carbocycles. The molecule has 8 heteroatoms. The third-order valence-electron chi connectivity index (χ3n) is 9.50. The van der Waals surface area contributed by atoms with Crippen LogP contribution in [0.5, 0.6) is 0 Å². The van der Waals surface area contributed by atoms with E-state index in [0.29, 0.717) is 6.42 Å². The van der Waals surface area contributed by atoms with Crippen LogP contribution in [0.1, 0.15) is 52.9 Å². The number of halogens is 2. The molecule has 0 aromatic heterocycles. The van der Waals surface area contributed by atoms with Crippen molar-refractivity contribution in [1.29, 1.82) is 0 Å². The molecule has 5 rings (SSSR count). The fraction of sp³-hybridized carbons (Fsp3) is 0.760. The minimum absolute atomic E-state index is 0.0613. The van der Waals surface area contributed by atoms with E-state index in [1.54, 1.807) is 13.8 Å². The van der Waals surface area contributed by atoms with E-state index in [1.807, 2.05) is 6.92 Å². The molecular formula is C25H32F2O6. The quantitative estimate of drug-likeness (QED) is 0.662. The van der Waals surface area contributed by atoms with Crippen LogP contribution in [0, 0.1) is 22.7 Å². The van der Waals surface area contributed by atoms with Crippen molar-refractivity contribution in [3.63, 3.8) is 0 Å². The first-order valence-electron chi connectivity index (χ1n) is 11.9. The molecule has 2 unspecified atom stereocenters. The zero-order valence-corrected chi connectivity index (χ0v) is 19.2. The Bertz CT molecular complexity index is 949. The molecule has 0 aromatic carbocycles. The highest BCUT2D eigenvalue weighted by molar-refractivity contribution is 6.01. The molecule has 4 fully saturated rings. The molecule has 3 saturated carbocycles. The highest BCUT2D eigenvalue weighted by atomic mass is 19.1. The minimum atomic E-state index is -2.23. The van der Waals surface area contributed by atoms with Gasteiger partial charge < -0.3 is 19.7 Å². The normalized spacial score (nSPS) is 52.6. The summed E-state index contributed by atoms with van der Waals surface area (Å²) in [6, 6.07) is 0. The van der Waals surface area contributed by atoms with Gasteiger partial charge in [-0.3, -0.25) is 9.59 Å². The first-order valence-corrected chi connectivity index (χ1v) is 11.9. The summed E-state index contributed by atoms with van der Waals surface area (Å²) in [5.74, 6) is -2.38. The van der Waals surface area contributed by atoms with Gasteiger partial charge in [0, 0.05) is 16.7 Å². The van der Waals surface area contributed by atoms with Crippen LogP contribution in [0.25, 0.3) is 0 Å². The average molecular weight is 467 g/mol. The van der Waals surface area contributed by atoms with Gasteiger partial charge in [0.2, 0.25) is 0 Å². The van der Waals surface area contributed by atoms with Crippen LogP contribution in [-0.2, 0) is 19.1 Å². The second-order valence-corrected chi connectivity index (χ2v) is 10.9. The molecule has 0 radical (unpaired) electrons. The molecular weight excluding hydrogens is 434 g/mol. The standard InChI is InChI=1S/C25H32F2O6/c1-4-5-21-32-20-10-14-15-9-17(26)16-8-13(29)6-7-22(16,2)24(15,27)18(30)11-23(14,3)25(20,33-21)19(31)12-28/h6-8,14-15,17-18,20-21,28,30H,4-5,9-12H2,1-3H3/t14?,15?,17-,18-,20+,21+,22-,23-,24-,25+/m0/s1. The van der Waals surface area contributed by atoms with Gasteiger partial charge in [0.15, 0.2) is 29.1 Å². The second kappa shape index (κ2) is 7.26. The van der Waals surface area contributed by atoms with E-state index in [1.165, 1.54) is 12.2 Å². The van der Waals surface area contributed by atoms with Crippen molar-refractivity contribution in [2.45, 2.75) is 88.8 Å². The largest absolute Gasteiger partial charge is 0.390 e. The van der Waals surface area contributed by atoms with E-state index in [9.17, 15) is 19.8 Å². The van der Waals surface area contributed by atoms with Crippen LogP contribution in [0.3, 0.4) is 0 Å². The lowest BCUT2D eigenvalue weighted by Crippen LogP contribution is -2.70. The number of aliphatic hydroxyl groups is 2. The van der Waals surface area contributed by atoms with Gasteiger partial charge in [-0.1, -0.05) is 26.3 Å². The Morgan fingerprint density at radius 1 is 1.27 bits per heavy atom. The number of aliphatic hydroxyl groups excluding tert-OH is 2. The SMILES string of the molecule is CCC[C@@H]1O[C@@H]2CC3C4C[C@H](F)C5=CC(=O)C=C[C@]5(C)[C@@]4(F)[C@@H](O)C[C@]3(C)[C@]2(C(=O)CO)O1. The van der Waals surface area contributed by atoms with Gasteiger partial charge >= 0.3 is 0 Å². The number of hydrogen-bond acceptors (Lipinski definition) is 6. The maximum absolute atomic E-state index is 17.2. The van der Waals surface area contributed by atoms with Gasteiger partial charge in [0.25, 0.3) is 0 Å². The van der Waals surface area contributed by atoms with Crippen LogP contribution >= 0.6 is 0 Å². The Balaban J connectivity index is 1.62. The Hall–Kier alpha value is -1.48. The zero-order valence-electron chi connectivity index (χ0n) is 19.2. The number of hydrogen-bond donors (Lipinski definition) is 2. The van der Waals surface area contributed by atoms with Crippen molar-refractivity contribution in [3.05, 3.63) is 23.8 Å². The van der Waals surface area contributed by atoms with Crippen LogP contribution < -0.4 is 0 Å². The first kappa shape index (κ1) is 23.3. The topological polar surface area (TPSA) is 93.1 Å². The van der Waals surface area contributed by atoms with E-state index in [-0.39, 0.29) is 24.8 Å². The van der Waals surface area contributed by atoms with E-state index >= 15 is 8.78 Å². The zero-order chi connectivity index (χ0) is 24.0. The number of ketones is 2. The third kappa shape index (κ3) is 2.61. The van der Waals surface area contributed by atoms with Crippen molar-refractivity contribution in [2.75, 3.05) is 6.61 Å². The maximum Gasteiger partial charge on any atom is 0.193 e. The van der Waals surface area contributed by atoms with Crippen molar-refractivity contribution >= 4 is 11.6 Å². The predicted molar refractivity (Wildman–Crippen MR) is 113 cm³/mol. The average Bonchev–Trinajstić information content (AvgIpc) is 3.24. The summed E-state index contributed by atoms with van der Waals surface area (Å²) in [6.45, 7) is 4.53. The Morgan fingerprint density at radius 2 is 2.00 bits per heavy atom. The smallest absolute Gasteiger partial charge is 0.193 e. The predicted octanol–water partition coefficient (Wildman–Crippen LogP) is 2.76. The number of ether oxygens (including phenoxy) is 2. The van der Waals surface area contributed by atoms with E-state index in [4.69, 9.17) is 9.47 Å². The summed E-state index contributed by atoms with van der Waals surface area (Å²) < 4.78 is 45.0. The molecule has 1 saturated heterocycles. The Morgan fingerprint density at radius 3 is 2.67 bits per heavy atom. The molecule has 6 nitrogen and oxygen atoms in total. The fourth-order valence-electron chi connectivity index (χ4n) is 8.00. The summed E-state index contributed by atoms with van der Waals surface area (Å²) in [6.07, 6.45) is 0.682. The minimum Gasteiger partial charge on any atom is -0.390 e. The van der Waals surface area contributed by atoms with Crippen molar-refractivity contribution in [3.8, 4) is 0 Å². The number of rotatable bonds is 4. The molecule has 5 aliphatic rings. The molecule has 1 heterocycles. The third-order valence-corrected chi connectivity index (χ3v) is 9.50. The maximum atomic E-state index is 17.2. The number of alkyl halides is 2. The molecule has 182 valence electrons. The van der Waals surface area contributed by atoms with E-state index < -0.39 is 76.8 Å². The van der Waals surface area contributed by atoms with Gasteiger partial charge in [0.1, 0.15) is 12.8 Å². The summed E-state index contributed by atoms with van der Waals surface area (Å²) >= 11 is 0. The number of carbonyl (C=O) groups excluding carboxylic acids is 2. The molecule has 10 atom stereocenters. The van der Waals surface area contributed by atoms with Gasteiger partial charge in [-0.25, -0.2) is 8.78 Å². The number of carbonyl (C=O) groups is 2. The molecule has 0 bridgehead atoms. The van der Waals surface area contributed by atoms with Crippen LogP contribution in [0.2, 0.25) is 0 Å². The first-order chi connectivity index (χ1) is 15.5. The molecule has 0 spiro atoms. The summed E-state index contributed by atoms with van der Waals surface area (Å²) in [7, 11) is 0. The highest BCUT2D eigenvalue weighted by Gasteiger charge is 2.79. The van der Waals surface area contributed by atoms with Crippen molar-refractivity contribution in [2.24, 2.45) is 22.7 Å². The Kier molecular flexibility index (Phi) is 5.12. The van der Waals surface area contributed by atoms with Crippen LogP contribution in [-0.4, -0.2) is 64.3 Å². The molecule has 2 N–H and O–H groups in total. The van der Waals surface area contributed by atoms with Gasteiger partial charge in [0.05, 0.1) is 12.2 Å². The summed E-state index contributed by atoms with van der Waals surface area (Å²) in [5, 5.41) is 21.2. The van der Waals surface area contributed by atoms with Gasteiger partial charge in [-0.2, -0.15) is 0 Å². The van der Waals surface area contributed by atoms with E-state index in [0.717, 1.165) is 12.5 Å². The van der Waals surface area contributed by atoms with Crippen molar-refractivity contribution in [1.82, 2.24) is 0 Å². The van der Waals surface area contributed by atoms with Crippen molar-refractivity contribution < 1.29 is 38.1 Å². The molecule has 0 amide bonds. The van der Waals surface area contributed by atoms with Gasteiger partial charge in [-0.05, 0) is 56.3 Å². The van der Waals surface area contributed by atoms with Crippen LogP contribution in [0.4, 0.5) is 8.78 Å². The van der Waals surface area contributed by atoms with Crippen LogP contribution in [0.15, 0.2) is 23.8 Å². The highest BCUT2D eigenvalue weighted by Crippen LogP contribution is 2.72.